The van der Waals surface area contributed by atoms with Gasteiger partial charge in [0.25, 0.3) is 0 Å². The molecule has 7 aromatic carbocycles. The maximum absolute atomic E-state index is 6.60. The molecular formula is C44H32N2OSi. The lowest BCUT2D eigenvalue weighted by Crippen LogP contribution is -2.49. The Kier molecular flexibility index (Phi) is 5.73. The van der Waals surface area contributed by atoms with Crippen molar-refractivity contribution in [3.8, 4) is 16.8 Å². The maximum Gasteiger partial charge on any atom is 0.143 e. The SMILES string of the molecule is C[Si]1(C)c2cc(N(c3ccccc3)c3cccc4c3c3ccccc3n4-c3ccccc3)ccc2-c2c1ccc1c2oc2ccccc21. The number of rotatable bonds is 4. The highest BCUT2D eigenvalue weighted by Crippen LogP contribution is 2.45. The van der Waals surface area contributed by atoms with Crippen LogP contribution in [0.5, 0.6) is 0 Å². The van der Waals surface area contributed by atoms with Gasteiger partial charge in [-0.2, -0.15) is 0 Å². The molecule has 228 valence electrons. The number of anilines is 3. The molecule has 0 unspecified atom stereocenters. The summed E-state index contributed by atoms with van der Waals surface area (Å²) in [5, 5.41) is 7.74. The summed E-state index contributed by atoms with van der Waals surface area (Å²) in [5.74, 6) is 0. The molecule has 0 fully saturated rings. The van der Waals surface area contributed by atoms with Gasteiger partial charge >= 0.3 is 0 Å². The van der Waals surface area contributed by atoms with E-state index in [-0.39, 0.29) is 0 Å². The number of fused-ring (bicyclic) bond motifs is 10. The number of aromatic nitrogens is 1. The molecular weight excluding hydrogens is 601 g/mol. The quantitative estimate of drug-likeness (QED) is 0.180. The van der Waals surface area contributed by atoms with Gasteiger partial charge in [0.1, 0.15) is 19.2 Å². The third-order valence-corrected chi connectivity index (χ3v) is 13.9. The summed E-state index contributed by atoms with van der Waals surface area (Å²) in [6.07, 6.45) is 0. The predicted molar refractivity (Wildman–Crippen MR) is 205 cm³/mol. The van der Waals surface area contributed by atoms with Crippen LogP contribution < -0.4 is 15.3 Å². The molecule has 0 bridgehead atoms. The van der Waals surface area contributed by atoms with E-state index in [4.69, 9.17) is 4.42 Å². The smallest absolute Gasteiger partial charge is 0.143 e. The molecule has 3 heterocycles. The third-order valence-electron chi connectivity index (χ3n) is 10.4. The van der Waals surface area contributed by atoms with Crippen molar-refractivity contribution >= 4 is 79.3 Å². The zero-order valence-corrected chi connectivity index (χ0v) is 27.8. The van der Waals surface area contributed by atoms with Gasteiger partial charge in [0.15, 0.2) is 0 Å². The van der Waals surface area contributed by atoms with Gasteiger partial charge in [-0.15, -0.1) is 0 Å². The van der Waals surface area contributed by atoms with Crippen LogP contribution in [0.4, 0.5) is 17.1 Å². The fourth-order valence-corrected chi connectivity index (χ4v) is 11.2. The van der Waals surface area contributed by atoms with E-state index in [2.05, 4.69) is 180 Å². The Morgan fingerprint density at radius 2 is 1.25 bits per heavy atom. The van der Waals surface area contributed by atoms with Gasteiger partial charge in [-0.05, 0) is 76.6 Å². The topological polar surface area (TPSA) is 21.3 Å². The van der Waals surface area contributed by atoms with Crippen LogP contribution in [-0.4, -0.2) is 12.6 Å². The minimum Gasteiger partial charge on any atom is -0.455 e. The molecule has 48 heavy (non-hydrogen) atoms. The van der Waals surface area contributed by atoms with E-state index in [0.29, 0.717) is 0 Å². The van der Waals surface area contributed by atoms with E-state index in [9.17, 15) is 0 Å². The average Bonchev–Trinajstić information content (AvgIpc) is 3.75. The lowest BCUT2D eigenvalue weighted by atomic mass is 10.0. The van der Waals surface area contributed by atoms with Crippen molar-refractivity contribution in [2.75, 3.05) is 4.90 Å². The van der Waals surface area contributed by atoms with Gasteiger partial charge in [-0.25, -0.2) is 0 Å². The van der Waals surface area contributed by atoms with E-state index in [1.165, 1.54) is 65.5 Å². The normalized spacial score (nSPS) is 13.4. The predicted octanol–water partition coefficient (Wildman–Crippen LogP) is 11.0. The Morgan fingerprint density at radius 3 is 2.08 bits per heavy atom. The first kappa shape index (κ1) is 27.3. The lowest BCUT2D eigenvalue weighted by molar-refractivity contribution is 0.670. The summed E-state index contributed by atoms with van der Waals surface area (Å²) < 4.78 is 8.99. The second-order valence-electron chi connectivity index (χ2n) is 13.3. The lowest BCUT2D eigenvalue weighted by Gasteiger charge is -2.28. The summed E-state index contributed by atoms with van der Waals surface area (Å²) in [6.45, 7) is 4.97. The van der Waals surface area contributed by atoms with Gasteiger partial charge < -0.3 is 13.9 Å². The number of hydrogen-bond acceptors (Lipinski definition) is 2. The van der Waals surface area contributed by atoms with Crippen LogP contribution in [0.15, 0.2) is 162 Å². The molecule has 0 saturated carbocycles. The number of furan rings is 1. The summed E-state index contributed by atoms with van der Waals surface area (Å²) in [6, 6.07) is 57.2. The largest absolute Gasteiger partial charge is 0.455 e. The van der Waals surface area contributed by atoms with Crippen molar-refractivity contribution in [1.82, 2.24) is 4.57 Å². The molecule has 0 aliphatic carbocycles. The molecule has 0 radical (unpaired) electrons. The highest BCUT2D eigenvalue weighted by Gasteiger charge is 2.40. The van der Waals surface area contributed by atoms with Crippen molar-refractivity contribution in [3.05, 3.63) is 158 Å². The van der Waals surface area contributed by atoms with Crippen molar-refractivity contribution < 1.29 is 4.42 Å². The molecule has 10 rings (SSSR count). The fraction of sp³-hybridized carbons (Fsp3) is 0.0455. The van der Waals surface area contributed by atoms with Crippen LogP contribution in [0.1, 0.15) is 0 Å². The fourth-order valence-electron chi connectivity index (χ4n) is 8.17. The Hall–Kier alpha value is -5.84. The Labute approximate surface area is 279 Å². The van der Waals surface area contributed by atoms with Crippen LogP contribution in [-0.2, 0) is 0 Å². The second-order valence-corrected chi connectivity index (χ2v) is 17.7. The van der Waals surface area contributed by atoms with Crippen LogP contribution >= 0.6 is 0 Å². The molecule has 1 aliphatic rings. The van der Waals surface area contributed by atoms with E-state index >= 15 is 0 Å². The van der Waals surface area contributed by atoms with E-state index in [1.807, 2.05) is 0 Å². The maximum atomic E-state index is 6.60. The van der Waals surface area contributed by atoms with Gasteiger partial charge in [-0.1, -0.05) is 110 Å². The molecule has 0 amide bonds. The minimum atomic E-state index is -2.05. The summed E-state index contributed by atoms with van der Waals surface area (Å²) >= 11 is 0. The zero-order chi connectivity index (χ0) is 32.0. The molecule has 1 aliphatic heterocycles. The van der Waals surface area contributed by atoms with Gasteiger partial charge in [-0.3, -0.25) is 0 Å². The minimum absolute atomic E-state index is 0.948. The summed E-state index contributed by atoms with van der Waals surface area (Å²) in [5.41, 5.74) is 11.6. The van der Waals surface area contributed by atoms with Gasteiger partial charge in [0, 0.05) is 44.2 Å². The van der Waals surface area contributed by atoms with Crippen molar-refractivity contribution in [2.45, 2.75) is 13.1 Å². The van der Waals surface area contributed by atoms with Crippen LogP contribution in [0.25, 0.3) is 60.6 Å². The van der Waals surface area contributed by atoms with Crippen molar-refractivity contribution in [2.24, 2.45) is 0 Å². The first-order chi connectivity index (χ1) is 23.6. The first-order valence-corrected chi connectivity index (χ1v) is 19.6. The van der Waals surface area contributed by atoms with Crippen LogP contribution in [0.3, 0.4) is 0 Å². The van der Waals surface area contributed by atoms with Crippen LogP contribution in [0, 0.1) is 0 Å². The molecule has 3 nitrogen and oxygen atoms in total. The molecule has 2 aromatic heterocycles. The Balaban J connectivity index is 1.23. The molecule has 0 N–H and O–H groups in total. The Bertz CT molecular complexity index is 2700. The molecule has 9 aromatic rings. The monoisotopic (exact) mass is 632 g/mol. The van der Waals surface area contributed by atoms with E-state index in [1.54, 1.807) is 0 Å². The van der Waals surface area contributed by atoms with Gasteiger partial charge in [0.2, 0.25) is 0 Å². The first-order valence-electron chi connectivity index (χ1n) is 16.6. The highest BCUT2D eigenvalue weighted by atomic mass is 28.3. The van der Waals surface area contributed by atoms with E-state index in [0.717, 1.165) is 22.5 Å². The molecule has 0 atom stereocenters. The van der Waals surface area contributed by atoms with E-state index < -0.39 is 8.07 Å². The van der Waals surface area contributed by atoms with Crippen LogP contribution in [0.2, 0.25) is 13.1 Å². The highest BCUT2D eigenvalue weighted by molar-refractivity contribution is 7.04. The number of hydrogen-bond donors (Lipinski definition) is 0. The number of para-hydroxylation sites is 4. The zero-order valence-electron chi connectivity index (χ0n) is 26.8. The number of nitrogens with zero attached hydrogens (tertiary/aromatic N) is 2. The summed E-state index contributed by atoms with van der Waals surface area (Å²) in [7, 11) is -2.05. The van der Waals surface area contributed by atoms with Crippen molar-refractivity contribution in [3.63, 3.8) is 0 Å². The van der Waals surface area contributed by atoms with Gasteiger partial charge in [0.05, 0.1) is 16.7 Å². The average molecular weight is 633 g/mol. The third kappa shape index (κ3) is 3.75. The molecule has 0 spiro atoms. The molecule has 4 heteroatoms. The molecule has 0 saturated heterocycles. The standard InChI is InChI=1S/C44H32N2OSi/c1-48(2)40-27-26-33-32-18-10-12-23-39(32)47-44(33)43(40)35-25-24-31(28-41(35)48)45(29-14-5-3-6-15-29)37-21-13-22-38-42(37)34-19-9-11-20-36(34)46(38)30-16-7-4-8-17-30/h3-28H,1-2H3. The van der Waals surface area contributed by atoms with Crippen molar-refractivity contribution in [1.29, 1.82) is 0 Å². The second kappa shape index (κ2) is 10.1. The Morgan fingerprint density at radius 1 is 0.542 bits per heavy atom. The summed E-state index contributed by atoms with van der Waals surface area (Å²) in [4.78, 5) is 2.45. The number of benzene rings is 7.